The first-order valence-electron chi connectivity index (χ1n) is 5.74. The van der Waals surface area contributed by atoms with Crippen LogP contribution in [0.25, 0.3) is 0 Å². The zero-order valence-corrected chi connectivity index (χ0v) is 17.3. The van der Waals surface area contributed by atoms with Crippen LogP contribution in [-0.2, 0) is 19.5 Å². The van der Waals surface area contributed by atoms with Crippen molar-refractivity contribution in [3.8, 4) is 0 Å². The molecule has 0 spiro atoms. The molecule has 0 saturated heterocycles. The minimum Gasteiger partial charge on any atom is -0.0654 e. The van der Waals surface area contributed by atoms with E-state index in [-0.39, 0.29) is 43.4 Å². The minimum absolute atomic E-state index is 0. The Morgan fingerprint density at radius 2 is 0.500 bits per heavy atom. The molecule has 84 valence electrons. The van der Waals surface area contributed by atoms with Gasteiger partial charge in [-0.2, -0.15) is 0 Å². The van der Waals surface area contributed by atoms with Crippen molar-refractivity contribution in [3.05, 3.63) is 0 Å². The molecule has 4 radical (unpaired) electrons. The van der Waals surface area contributed by atoms with E-state index in [4.69, 9.17) is 0 Å². The third kappa shape index (κ3) is 106. The van der Waals surface area contributed by atoms with Crippen molar-refractivity contribution in [3.63, 3.8) is 0 Å². The van der Waals surface area contributed by atoms with E-state index in [0.29, 0.717) is 0 Å². The summed E-state index contributed by atoms with van der Waals surface area (Å²) in [4.78, 5) is 0. The van der Waals surface area contributed by atoms with Crippen molar-refractivity contribution in [1.82, 2.24) is 0 Å². The quantitative estimate of drug-likeness (QED) is 0.620. The van der Waals surface area contributed by atoms with Gasteiger partial charge in [0.05, 0.1) is 0 Å². The molecular formula is C12H30SnZn. The normalized spacial score (nSPS) is 6.43. The van der Waals surface area contributed by atoms with Crippen LogP contribution in [-0.4, -0.2) is 23.9 Å². The summed E-state index contributed by atoms with van der Waals surface area (Å²) in [5.74, 6) is 0. The van der Waals surface area contributed by atoms with Crippen molar-refractivity contribution in [2.75, 3.05) is 0 Å². The van der Waals surface area contributed by atoms with Crippen LogP contribution in [0.4, 0.5) is 0 Å². The second-order valence-electron chi connectivity index (χ2n) is 3.00. The van der Waals surface area contributed by atoms with Crippen molar-refractivity contribution < 1.29 is 19.5 Å². The van der Waals surface area contributed by atoms with Crippen LogP contribution < -0.4 is 0 Å². The van der Waals surface area contributed by atoms with Crippen LogP contribution in [0.5, 0.6) is 0 Å². The fraction of sp³-hybridized carbons (Fsp3) is 1.00. The SMILES string of the molecule is CCCC.CCCC.CCCC.[Sn].[Zn]. The van der Waals surface area contributed by atoms with Crippen LogP contribution in [0.3, 0.4) is 0 Å². The molecule has 0 aliphatic carbocycles. The van der Waals surface area contributed by atoms with E-state index >= 15 is 0 Å². The molecule has 0 amide bonds. The molecule has 0 aromatic carbocycles. The summed E-state index contributed by atoms with van der Waals surface area (Å²) in [5.41, 5.74) is 0. The number of hydrogen-bond acceptors (Lipinski definition) is 0. The van der Waals surface area contributed by atoms with Crippen LogP contribution in [0.2, 0.25) is 0 Å². The van der Waals surface area contributed by atoms with E-state index < -0.39 is 0 Å². The second-order valence-corrected chi connectivity index (χ2v) is 3.00. The molecular weight excluding hydrogens is 328 g/mol. The molecule has 2 heteroatoms. The molecule has 0 saturated carbocycles. The molecule has 0 rings (SSSR count). The summed E-state index contributed by atoms with van der Waals surface area (Å²) in [6, 6.07) is 0. The summed E-state index contributed by atoms with van der Waals surface area (Å²) in [6.45, 7) is 13.1. The first kappa shape index (κ1) is 29.5. The van der Waals surface area contributed by atoms with E-state index in [9.17, 15) is 0 Å². The van der Waals surface area contributed by atoms with Crippen LogP contribution in [0.15, 0.2) is 0 Å². The topological polar surface area (TPSA) is 0 Å². The molecule has 0 heterocycles. The maximum atomic E-state index is 2.18. The van der Waals surface area contributed by atoms with Gasteiger partial charge in [0, 0.05) is 43.4 Å². The Kier molecular flexibility index (Phi) is 99.5. The van der Waals surface area contributed by atoms with E-state index in [1.807, 2.05) is 0 Å². The summed E-state index contributed by atoms with van der Waals surface area (Å²) in [6.07, 6.45) is 7.92. The average molecular weight is 358 g/mol. The minimum atomic E-state index is 0. The molecule has 0 aromatic rings. The molecule has 0 atom stereocenters. The molecule has 0 aliphatic rings. The van der Waals surface area contributed by atoms with Crippen molar-refractivity contribution in [2.45, 2.75) is 80.1 Å². The van der Waals surface area contributed by atoms with Gasteiger partial charge in [0.2, 0.25) is 0 Å². The Bertz CT molecular complexity index is 25.8. The second kappa shape index (κ2) is 47.2. The van der Waals surface area contributed by atoms with Gasteiger partial charge >= 0.3 is 0 Å². The maximum Gasteiger partial charge on any atom is 0 e. The van der Waals surface area contributed by atoms with Gasteiger partial charge in [-0.1, -0.05) is 80.1 Å². The molecule has 0 bridgehead atoms. The van der Waals surface area contributed by atoms with Gasteiger partial charge in [0.25, 0.3) is 0 Å². The summed E-state index contributed by atoms with van der Waals surface area (Å²) >= 11 is 0. The number of hydrogen-bond donors (Lipinski definition) is 0. The van der Waals surface area contributed by atoms with E-state index in [1.165, 1.54) is 38.5 Å². The van der Waals surface area contributed by atoms with Crippen molar-refractivity contribution in [1.29, 1.82) is 0 Å². The van der Waals surface area contributed by atoms with Crippen LogP contribution in [0, 0.1) is 0 Å². The molecule has 14 heavy (non-hydrogen) atoms. The molecule has 0 N–H and O–H groups in total. The van der Waals surface area contributed by atoms with Crippen LogP contribution in [0.1, 0.15) is 80.1 Å². The van der Waals surface area contributed by atoms with Gasteiger partial charge in [-0.05, 0) is 0 Å². The molecule has 0 aromatic heterocycles. The Morgan fingerprint density at radius 1 is 0.429 bits per heavy atom. The smallest absolute Gasteiger partial charge is 0 e. The average Bonchev–Trinajstić information content (AvgIpc) is 2.18. The van der Waals surface area contributed by atoms with Crippen molar-refractivity contribution in [2.24, 2.45) is 0 Å². The van der Waals surface area contributed by atoms with E-state index in [2.05, 4.69) is 41.5 Å². The summed E-state index contributed by atoms with van der Waals surface area (Å²) < 4.78 is 0. The van der Waals surface area contributed by atoms with E-state index in [1.54, 1.807) is 0 Å². The van der Waals surface area contributed by atoms with Gasteiger partial charge in [-0.25, -0.2) is 0 Å². The first-order chi connectivity index (χ1) is 5.74. The third-order valence-corrected chi connectivity index (χ3v) is 1.50. The first-order valence-corrected chi connectivity index (χ1v) is 5.74. The fourth-order valence-corrected chi connectivity index (χ4v) is 0. The zero-order valence-electron chi connectivity index (χ0n) is 11.4. The number of rotatable bonds is 3. The fourth-order valence-electron chi connectivity index (χ4n) is 0. The molecule has 0 unspecified atom stereocenters. The Hall–Kier alpha value is 1.42. The largest absolute Gasteiger partial charge is 0.0654 e. The molecule has 0 aliphatic heterocycles. The Labute approximate surface area is 123 Å². The molecule has 0 fully saturated rings. The predicted octanol–water partition coefficient (Wildman–Crippen LogP) is 5.04. The third-order valence-electron chi connectivity index (χ3n) is 1.50. The maximum absolute atomic E-state index is 2.18. The van der Waals surface area contributed by atoms with Gasteiger partial charge in [0.1, 0.15) is 0 Å². The van der Waals surface area contributed by atoms with Gasteiger partial charge in [-0.15, -0.1) is 0 Å². The Balaban J connectivity index is -0.0000000270. The van der Waals surface area contributed by atoms with E-state index in [0.717, 1.165) is 0 Å². The predicted molar refractivity (Wildman–Crippen MR) is 67.5 cm³/mol. The van der Waals surface area contributed by atoms with Gasteiger partial charge < -0.3 is 0 Å². The van der Waals surface area contributed by atoms with Gasteiger partial charge in [-0.3, -0.25) is 0 Å². The van der Waals surface area contributed by atoms with Crippen molar-refractivity contribution >= 4 is 23.9 Å². The number of unbranched alkanes of at least 4 members (excludes halogenated alkanes) is 3. The van der Waals surface area contributed by atoms with Crippen LogP contribution >= 0.6 is 0 Å². The summed E-state index contributed by atoms with van der Waals surface area (Å²) in [7, 11) is 0. The molecule has 0 nitrogen and oxygen atoms in total. The van der Waals surface area contributed by atoms with Gasteiger partial charge in [0.15, 0.2) is 0 Å². The monoisotopic (exact) mass is 358 g/mol. The summed E-state index contributed by atoms with van der Waals surface area (Å²) in [5, 5.41) is 0. The Morgan fingerprint density at radius 3 is 0.500 bits per heavy atom. The standard InChI is InChI=1S/3C4H10.Sn.Zn/c3*1-3-4-2;;/h3*3-4H2,1-2H3;;. The zero-order chi connectivity index (χ0) is 10.2.